The molecule has 0 aliphatic rings. The highest BCUT2D eigenvalue weighted by atomic mass is 32.2. The van der Waals surface area contributed by atoms with Crippen LogP contribution in [0.5, 0.6) is 0 Å². The highest BCUT2D eigenvalue weighted by molar-refractivity contribution is 8.13. The highest BCUT2D eigenvalue weighted by Gasteiger charge is 2.22. The summed E-state index contributed by atoms with van der Waals surface area (Å²) in [6.45, 7) is 8.89. The van der Waals surface area contributed by atoms with E-state index in [0.717, 1.165) is 0 Å². The van der Waals surface area contributed by atoms with Gasteiger partial charge < -0.3 is 9.64 Å². The third-order valence-corrected chi connectivity index (χ3v) is 2.93. The molecule has 0 aromatic rings. The zero-order valence-electron chi connectivity index (χ0n) is 10.9. The van der Waals surface area contributed by atoms with Gasteiger partial charge in [0.15, 0.2) is 5.12 Å². The number of rotatable bonds is 3. The number of hydrogen-bond donors (Lipinski definition) is 0. The molecule has 0 unspecified atom stereocenters. The summed E-state index contributed by atoms with van der Waals surface area (Å²) in [7, 11) is 1.68. The lowest BCUT2D eigenvalue weighted by Gasteiger charge is -2.28. The summed E-state index contributed by atoms with van der Waals surface area (Å²) in [4.78, 5) is 24.0. The number of amides is 1. The van der Waals surface area contributed by atoms with Gasteiger partial charge in [-0.15, -0.1) is 0 Å². The molecule has 4 nitrogen and oxygen atoms in total. The van der Waals surface area contributed by atoms with Crippen LogP contribution in [0, 0.1) is 0 Å². The van der Waals surface area contributed by atoms with Crippen LogP contribution in [0.2, 0.25) is 0 Å². The third kappa shape index (κ3) is 6.71. The Hall–Kier alpha value is -0.710. The molecule has 1 amide bonds. The quantitative estimate of drug-likeness (QED) is 0.769. The Bertz CT molecular complexity index is 260. The molecule has 1 atom stereocenters. The van der Waals surface area contributed by atoms with Crippen molar-refractivity contribution in [3.8, 4) is 0 Å². The topological polar surface area (TPSA) is 46.6 Å². The second kappa shape index (κ2) is 6.13. The smallest absolute Gasteiger partial charge is 0.410 e. The Morgan fingerprint density at radius 2 is 1.88 bits per heavy atom. The lowest BCUT2D eigenvalue weighted by molar-refractivity contribution is -0.109. The van der Waals surface area contributed by atoms with Crippen molar-refractivity contribution in [1.29, 1.82) is 0 Å². The summed E-state index contributed by atoms with van der Waals surface area (Å²) in [5.74, 6) is 0.588. The first-order valence-corrected chi connectivity index (χ1v) is 6.21. The Morgan fingerprint density at radius 3 is 2.25 bits per heavy atom. The molecule has 16 heavy (non-hydrogen) atoms. The van der Waals surface area contributed by atoms with Crippen LogP contribution in [-0.4, -0.2) is 40.6 Å². The van der Waals surface area contributed by atoms with Crippen LogP contribution in [0.4, 0.5) is 4.79 Å². The van der Waals surface area contributed by atoms with E-state index in [0.29, 0.717) is 5.75 Å². The molecule has 94 valence electrons. The monoisotopic (exact) mass is 247 g/mol. The van der Waals surface area contributed by atoms with Gasteiger partial charge in [-0.3, -0.25) is 4.79 Å². The van der Waals surface area contributed by atoms with Gasteiger partial charge in [0, 0.05) is 25.8 Å². The maximum atomic E-state index is 11.7. The predicted molar refractivity (Wildman–Crippen MR) is 66.6 cm³/mol. The normalized spacial score (nSPS) is 13.1. The fourth-order valence-electron chi connectivity index (χ4n) is 0.864. The molecule has 0 radical (unpaired) electrons. The van der Waals surface area contributed by atoms with Gasteiger partial charge >= 0.3 is 6.09 Å². The Balaban J connectivity index is 4.16. The third-order valence-electron chi connectivity index (χ3n) is 1.87. The van der Waals surface area contributed by atoms with E-state index in [1.165, 1.54) is 23.6 Å². The van der Waals surface area contributed by atoms with Crippen LogP contribution in [0.1, 0.15) is 34.6 Å². The minimum atomic E-state index is -0.487. The zero-order valence-corrected chi connectivity index (χ0v) is 11.7. The minimum Gasteiger partial charge on any atom is -0.444 e. The molecular formula is C11H21NO3S. The standard InChI is InChI=1S/C11H21NO3S/c1-8(7-16-9(2)13)12(6)10(14)15-11(3,4)5/h8H,7H2,1-6H3/t8-/m1/s1. The SMILES string of the molecule is CC(=O)SC[C@@H](C)N(C)C(=O)OC(C)(C)C. The fraction of sp³-hybridized carbons (Fsp3) is 0.818. The van der Waals surface area contributed by atoms with Crippen LogP contribution in [0.3, 0.4) is 0 Å². The molecule has 0 aliphatic heterocycles. The van der Waals surface area contributed by atoms with Crippen molar-refractivity contribution in [2.75, 3.05) is 12.8 Å². The average Bonchev–Trinajstić information content (AvgIpc) is 2.10. The summed E-state index contributed by atoms with van der Waals surface area (Å²) >= 11 is 1.21. The first kappa shape index (κ1) is 15.3. The van der Waals surface area contributed by atoms with E-state index in [9.17, 15) is 9.59 Å². The molecule has 0 aromatic heterocycles. The van der Waals surface area contributed by atoms with E-state index >= 15 is 0 Å². The number of carbonyl (C=O) groups is 2. The number of thioether (sulfide) groups is 1. The summed E-state index contributed by atoms with van der Waals surface area (Å²) in [5, 5.41) is 0.0597. The van der Waals surface area contributed by atoms with E-state index in [2.05, 4.69) is 0 Å². The van der Waals surface area contributed by atoms with Crippen molar-refractivity contribution >= 4 is 23.0 Å². The molecule has 0 fully saturated rings. The maximum Gasteiger partial charge on any atom is 0.410 e. The molecule has 0 aliphatic carbocycles. The number of ether oxygens (including phenoxy) is 1. The van der Waals surface area contributed by atoms with Crippen molar-refractivity contribution < 1.29 is 14.3 Å². The second-order valence-electron chi connectivity index (χ2n) is 4.74. The molecule has 0 bridgehead atoms. The van der Waals surface area contributed by atoms with Crippen LogP contribution < -0.4 is 0 Å². The number of carbonyl (C=O) groups excluding carboxylic acids is 2. The Kier molecular flexibility index (Phi) is 5.86. The van der Waals surface area contributed by atoms with Gasteiger partial charge in [0.25, 0.3) is 0 Å². The van der Waals surface area contributed by atoms with Gasteiger partial charge in [0.1, 0.15) is 5.60 Å². The van der Waals surface area contributed by atoms with Crippen molar-refractivity contribution in [2.24, 2.45) is 0 Å². The van der Waals surface area contributed by atoms with Crippen molar-refractivity contribution in [2.45, 2.75) is 46.3 Å². The maximum absolute atomic E-state index is 11.7. The number of nitrogens with zero attached hydrogens (tertiary/aromatic N) is 1. The molecule has 0 heterocycles. The molecule has 0 N–H and O–H groups in total. The van der Waals surface area contributed by atoms with Crippen molar-refractivity contribution in [3.05, 3.63) is 0 Å². The van der Waals surface area contributed by atoms with Gasteiger partial charge in [-0.25, -0.2) is 4.79 Å². The highest BCUT2D eigenvalue weighted by Crippen LogP contribution is 2.13. The molecule has 0 spiro atoms. The summed E-state index contributed by atoms with van der Waals surface area (Å²) < 4.78 is 5.22. The Morgan fingerprint density at radius 1 is 1.38 bits per heavy atom. The molecule has 5 heteroatoms. The molecule has 0 rings (SSSR count). The van der Waals surface area contributed by atoms with Gasteiger partial charge in [-0.1, -0.05) is 11.8 Å². The molecule has 0 aromatic carbocycles. The Labute approximate surface area is 102 Å². The van der Waals surface area contributed by atoms with Crippen LogP contribution in [0.15, 0.2) is 0 Å². The lowest BCUT2D eigenvalue weighted by Crippen LogP contribution is -2.40. The van der Waals surface area contributed by atoms with Crippen LogP contribution >= 0.6 is 11.8 Å². The number of hydrogen-bond acceptors (Lipinski definition) is 4. The summed E-state index contributed by atoms with van der Waals surface area (Å²) in [5.41, 5.74) is -0.487. The van der Waals surface area contributed by atoms with Crippen molar-refractivity contribution in [1.82, 2.24) is 4.90 Å². The van der Waals surface area contributed by atoms with Gasteiger partial charge in [-0.2, -0.15) is 0 Å². The van der Waals surface area contributed by atoms with Gasteiger partial charge in [-0.05, 0) is 27.7 Å². The average molecular weight is 247 g/mol. The van der Waals surface area contributed by atoms with Gasteiger partial charge in [0.2, 0.25) is 0 Å². The summed E-state index contributed by atoms with van der Waals surface area (Å²) in [6, 6.07) is -0.0243. The van der Waals surface area contributed by atoms with E-state index in [4.69, 9.17) is 4.74 Å². The summed E-state index contributed by atoms with van der Waals surface area (Å²) in [6.07, 6.45) is -0.357. The predicted octanol–water partition coefficient (Wildman–Crippen LogP) is 2.52. The fourth-order valence-corrected chi connectivity index (χ4v) is 1.56. The van der Waals surface area contributed by atoms with Crippen LogP contribution in [-0.2, 0) is 9.53 Å². The van der Waals surface area contributed by atoms with E-state index in [1.807, 2.05) is 27.7 Å². The van der Waals surface area contributed by atoms with Crippen molar-refractivity contribution in [3.63, 3.8) is 0 Å². The van der Waals surface area contributed by atoms with Crippen LogP contribution in [0.25, 0.3) is 0 Å². The largest absolute Gasteiger partial charge is 0.444 e. The first-order valence-electron chi connectivity index (χ1n) is 5.22. The molecule has 0 saturated heterocycles. The first-order chi connectivity index (χ1) is 7.13. The second-order valence-corrected chi connectivity index (χ2v) is 5.94. The van der Waals surface area contributed by atoms with E-state index in [1.54, 1.807) is 7.05 Å². The van der Waals surface area contributed by atoms with E-state index in [-0.39, 0.29) is 17.3 Å². The molecular weight excluding hydrogens is 226 g/mol. The van der Waals surface area contributed by atoms with Gasteiger partial charge in [0.05, 0.1) is 0 Å². The lowest BCUT2D eigenvalue weighted by atomic mass is 10.2. The molecule has 0 saturated carbocycles. The zero-order chi connectivity index (χ0) is 12.9. The van der Waals surface area contributed by atoms with E-state index < -0.39 is 5.60 Å². The minimum absolute atomic E-state index is 0.0243.